The Labute approximate surface area is 161 Å². The van der Waals surface area contributed by atoms with Crippen molar-refractivity contribution >= 4 is 48.0 Å². The van der Waals surface area contributed by atoms with Crippen LogP contribution in [-0.4, -0.2) is 122 Å². The lowest BCUT2D eigenvalue weighted by molar-refractivity contribution is -0.221. The fraction of sp³-hybridized carbons (Fsp3) is 0.333. The van der Waals surface area contributed by atoms with Gasteiger partial charge in [-0.2, -0.15) is 0 Å². The van der Waals surface area contributed by atoms with E-state index in [0.717, 1.165) is 0 Å². The highest BCUT2D eigenvalue weighted by Gasteiger charge is 2.87. The third-order valence-electron chi connectivity index (χ3n) is 4.40. The average Bonchev–Trinajstić information content (AvgIpc) is 2.57. The van der Waals surface area contributed by atoms with Gasteiger partial charge < -0.3 is 40.9 Å². The number of carboxylic acids is 6. The van der Waals surface area contributed by atoms with E-state index in [2.05, 4.69) is 0 Å². The molecule has 18 heteroatoms. The first-order valence-corrected chi connectivity index (χ1v) is 6.96. The van der Waals surface area contributed by atoms with Gasteiger partial charge in [-0.05, 0) is 0 Å². The molecular weight excluding hydrogens is 428 g/mol. The minimum atomic E-state index is -5.02. The number of carbonyl (C=O) groups is 8. The van der Waals surface area contributed by atoms with Gasteiger partial charge in [0.1, 0.15) is 0 Å². The Kier molecular flexibility index (Phi) is 5.27. The van der Waals surface area contributed by atoms with E-state index in [1.54, 1.807) is 0 Å². The van der Waals surface area contributed by atoms with Crippen molar-refractivity contribution in [3.63, 3.8) is 0 Å². The van der Waals surface area contributed by atoms with Crippen molar-refractivity contribution in [2.24, 2.45) is 0 Å². The number of carboxylic acid groups (broad SMARTS) is 8. The van der Waals surface area contributed by atoms with Gasteiger partial charge in [-0.15, -0.1) is 0 Å². The van der Waals surface area contributed by atoms with Gasteiger partial charge in [-0.3, -0.25) is 9.80 Å². The Morgan fingerprint density at radius 2 is 0.833 bits per heavy atom. The van der Waals surface area contributed by atoms with E-state index in [9.17, 15) is 79.2 Å². The lowest BCUT2D eigenvalue weighted by Gasteiger charge is -2.56. The van der Waals surface area contributed by atoms with E-state index >= 15 is 0 Å². The van der Waals surface area contributed by atoms with Gasteiger partial charge in [-0.1, -0.05) is 0 Å². The predicted octanol–water partition coefficient (Wildman–Crippen LogP) is -3.32. The van der Waals surface area contributed by atoms with E-state index in [4.69, 9.17) is 0 Å². The molecule has 8 N–H and O–H groups in total. The molecule has 164 valence electrons. The second-order valence-electron chi connectivity index (χ2n) is 5.60. The molecule has 0 atom stereocenters. The van der Waals surface area contributed by atoms with Crippen LogP contribution in [0.3, 0.4) is 0 Å². The number of rotatable bonds is 6. The molecular formula is C12H10N2O16. The number of amides is 2. The van der Waals surface area contributed by atoms with Crippen LogP contribution in [0.15, 0.2) is 0 Å². The van der Waals surface area contributed by atoms with Gasteiger partial charge in [0.15, 0.2) is 0 Å². The van der Waals surface area contributed by atoms with Crippen molar-refractivity contribution in [3.8, 4) is 0 Å². The molecule has 30 heavy (non-hydrogen) atoms. The molecule has 1 fully saturated rings. The van der Waals surface area contributed by atoms with Crippen molar-refractivity contribution in [2.75, 3.05) is 6.54 Å². The Balaban J connectivity index is 4.59. The Bertz CT molecular complexity index is 862. The molecule has 1 rings (SSSR count). The molecule has 0 aromatic rings. The molecule has 0 saturated carbocycles. The molecule has 2 amide bonds. The van der Waals surface area contributed by atoms with Gasteiger partial charge >= 0.3 is 48.0 Å². The zero-order valence-electron chi connectivity index (χ0n) is 13.9. The third kappa shape index (κ3) is 2.29. The zero-order valence-corrected chi connectivity index (χ0v) is 13.9. The molecule has 1 heterocycles. The summed E-state index contributed by atoms with van der Waals surface area (Å²) in [6.45, 7) is -2.31. The third-order valence-corrected chi connectivity index (χ3v) is 4.40. The average molecular weight is 438 g/mol. The normalized spacial score (nSPS) is 18.7. The van der Waals surface area contributed by atoms with Crippen LogP contribution in [0.2, 0.25) is 0 Å². The lowest BCUT2D eigenvalue weighted by atomic mass is 9.67. The van der Waals surface area contributed by atoms with Crippen LogP contribution >= 0.6 is 0 Å². The van der Waals surface area contributed by atoms with Crippen LogP contribution in [-0.2, 0) is 28.8 Å². The molecule has 0 spiro atoms. The molecule has 0 aliphatic carbocycles. The SMILES string of the molecule is O=C(O)N1CC(C(=O)O)(C(=O)O)N(C(=O)O)C(C(=O)O)(C(=O)O)C1(C(=O)O)C(=O)O. The van der Waals surface area contributed by atoms with Crippen LogP contribution in [0, 0.1) is 0 Å². The maximum Gasteiger partial charge on any atom is 0.410 e. The molecule has 18 nitrogen and oxygen atoms in total. The number of hydrogen-bond donors (Lipinski definition) is 8. The minimum absolute atomic E-state index is 1.08. The maximum atomic E-state index is 11.9. The standard InChI is InChI=1S/C12H10N2O16/c15-2(16)10(3(17)18)1-13(8(27)28)11(4(19)20,5(21)22)12(6(23)24,7(25)26)14(10)9(29)30/h1H2,(H,15,16)(H,17,18)(H,19,20)(H,21,22)(H,23,24)(H,25,26)(H,27,28)(H,29,30). The van der Waals surface area contributed by atoms with Crippen molar-refractivity contribution in [2.45, 2.75) is 16.6 Å². The van der Waals surface area contributed by atoms with Crippen LogP contribution in [0.1, 0.15) is 0 Å². The highest BCUT2D eigenvalue weighted by atomic mass is 16.5. The smallest absolute Gasteiger partial charge is 0.410 e. The van der Waals surface area contributed by atoms with Crippen molar-refractivity contribution in [1.29, 1.82) is 0 Å². The summed E-state index contributed by atoms with van der Waals surface area (Å²) in [5.41, 5.74) is -14.1. The van der Waals surface area contributed by atoms with Gasteiger partial charge in [0.2, 0.25) is 0 Å². The summed E-state index contributed by atoms with van der Waals surface area (Å²) in [6, 6.07) is 0. The number of aliphatic carboxylic acids is 6. The molecule has 1 aliphatic heterocycles. The van der Waals surface area contributed by atoms with E-state index in [-0.39, 0.29) is 0 Å². The lowest BCUT2D eigenvalue weighted by Crippen LogP contribution is -2.93. The van der Waals surface area contributed by atoms with Gasteiger partial charge in [0.25, 0.3) is 16.6 Å². The molecule has 0 radical (unpaired) electrons. The summed E-state index contributed by atoms with van der Waals surface area (Å²) in [7, 11) is 0. The highest BCUT2D eigenvalue weighted by Crippen LogP contribution is 2.46. The fourth-order valence-electron chi connectivity index (χ4n) is 3.22. The van der Waals surface area contributed by atoms with E-state index < -0.39 is 81.0 Å². The van der Waals surface area contributed by atoms with Gasteiger partial charge in [0.05, 0.1) is 6.54 Å². The number of nitrogens with zero attached hydrogens (tertiary/aromatic N) is 2. The molecule has 0 aromatic carbocycles. The molecule has 1 aliphatic rings. The van der Waals surface area contributed by atoms with Gasteiger partial charge in [0, 0.05) is 0 Å². The molecule has 0 bridgehead atoms. The summed E-state index contributed by atoms with van der Waals surface area (Å²) >= 11 is 0. The summed E-state index contributed by atoms with van der Waals surface area (Å²) in [5.74, 6) is -18.2. The summed E-state index contributed by atoms with van der Waals surface area (Å²) in [6.07, 6.45) is -5.77. The van der Waals surface area contributed by atoms with E-state index in [1.165, 1.54) is 0 Å². The van der Waals surface area contributed by atoms with Gasteiger partial charge in [-0.25, -0.2) is 38.4 Å². The Morgan fingerprint density at radius 3 is 1.03 bits per heavy atom. The largest absolute Gasteiger partial charge is 0.479 e. The van der Waals surface area contributed by atoms with E-state index in [1.807, 2.05) is 0 Å². The van der Waals surface area contributed by atoms with Crippen molar-refractivity contribution in [1.82, 2.24) is 9.80 Å². The quantitative estimate of drug-likeness (QED) is 0.188. The van der Waals surface area contributed by atoms with Crippen LogP contribution in [0.4, 0.5) is 9.59 Å². The Morgan fingerprint density at radius 1 is 0.500 bits per heavy atom. The summed E-state index contributed by atoms with van der Waals surface area (Å²) in [5, 5.41) is 75.1. The first-order valence-electron chi connectivity index (χ1n) is 6.96. The Hall–Kier alpha value is -4.64. The topological polar surface area (TPSA) is 305 Å². The summed E-state index contributed by atoms with van der Waals surface area (Å²) < 4.78 is 0. The van der Waals surface area contributed by atoms with Crippen molar-refractivity contribution in [3.05, 3.63) is 0 Å². The number of piperazine rings is 1. The molecule has 0 unspecified atom stereocenters. The molecule has 0 aromatic heterocycles. The maximum absolute atomic E-state index is 11.9. The first-order chi connectivity index (χ1) is 13.5. The zero-order chi connectivity index (χ0) is 24.0. The fourth-order valence-corrected chi connectivity index (χ4v) is 3.22. The predicted molar refractivity (Wildman–Crippen MR) is 78.6 cm³/mol. The van der Waals surface area contributed by atoms with Crippen LogP contribution in [0.5, 0.6) is 0 Å². The van der Waals surface area contributed by atoms with Crippen LogP contribution in [0.25, 0.3) is 0 Å². The summed E-state index contributed by atoms with van der Waals surface area (Å²) in [4.78, 5) is 91.8. The van der Waals surface area contributed by atoms with E-state index in [0.29, 0.717) is 0 Å². The molecule has 1 saturated heterocycles. The van der Waals surface area contributed by atoms with Crippen molar-refractivity contribution < 1.29 is 79.2 Å². The first kappa shape index (κ1) is 23.4. The second-order valence-corrected chi connectivity index (χ2v) is 5.60. The highest BCUT2D eigenvalue weighted by molar-refractivity contribution is 6.24. The van der Waals surface area contributed by atoms with Crippen LogP contribution < -0.4 is 0 Å². The second kappa shape index (κ2) is 6.76. The monoisotopic (exact) mass is 438 g/mol. The number of hydrogen-bond acceptors (Lipinski definition) is 8. The minimum Gasteiger partial charge on any atom is -0.479 e.